The third-order valence-corrected chi connectivity index (χ3v) is 3.57. The van der Waals surface area contributed by atoms with Gasteiger partial charge in [-0.1, -0.05) is 24.4 Å². The van der Waals surface area contributed by atoms with Crippen LogP contribution in [0.5, 0.6) is 5.75 Å². The summed E-state index contributed by atoms with van der Waals surface area (Å²) in [5, 5.41) is 0.413. The molecule has 0 bridgehead atoms. The summed E-state index contributed by atoms with van der Waals surface area (Å²) in [7, 11) is 1.47. The molecule has 0 aromatic heterocycles. The maximum Gasteiger partial charge on any atom is 0.140 e. The summed E-state index contributed by atoms with van der Waals surface area (Å²) in [6.07, 6.45) is 3.71. The van der Waals surface area contributed by atoms with Gasteiger partial charge < -0.3 is 10.5 Å². The van der Waals surface area contributed by atoms with Crippen molar-refractivity contribution in [2.45, 2.75) is 31.2 Å². The minimum absolute atomic E-state index is 0.328. The van der Waals surface area contributed by atoms with Crippen LogP contribution < -0.4 is 10.5 Å². The maximum absolute atomic E-state index is 13.9. The molecule has 0 unspecified atom stereocenters. The van der Waals surface area contributed by atoms with Crippen molar-refractivity contribution in [3.63, 3.8) is 0 Å². The Bertz CT molecular complexity index is 402. The predicted molar refractivity (Wildman–Crippen MR) is 62.3 cm³/mol. The van der Waals surface area contributed by atoms with Crippen molar-refractivity contribution in [3.8, 4) is 5.75 Å². The Hall–Kier alpha value is -0.800. The molecule has 0 aliphatic heterocycles. The highest BCUT2D eigenvalue weighted by Crippen LogP contribution is 2.40. The molecule has 4 heteroatoms. The fraction of sp³-hybridized carbons (Fsp3) is 0.500. The molecule has 1 saturated carbocycles. The van der Waals surface area contributed by atoms with E-state index in [2.05, 4.69) is 0 Å². The Morgan fingerprint density at radius 1 is 1.38 bits per heavy atom. The standard InChI is InChI=1S/C12H15ClFNO/c1-16-11-7-10(14)8(6-9(11)13)12(15)4-2-3-5-12/h6-7H,2-5,15H2,1H3. The number of benzene rings is 1. The largest absolute Gasteiger partial charge is 0.495 e. The molecule has 0 amide bonds. The first-order valence-electron chi connectivity index (χ1n) is 5.39. The highest BCUT2D eigenvalue weighted by atomic mass is 35.5. The first kappa shape index (κ1) is 11.7. The third-order valence-electron chi connectivity index (χ3n) is 3.27. The lowest BCUT2D eigenvalue weighted by Gasteiger charge is -2.25. The molecule has 2 rings (SSSR count). The lowest BCUT2D eigenvalue weighted by Crippen LogP contribution is -2.34. The lowest BCUT2D eigenvalue weighted by molar-refractivity contribution is 0.402. The summed E-state index contributed by atoms with van der Waals surface area (Å²) >= 11 is 5.99. The van der Waals surface area contributed by atoms with Crippen LogP contribution in [0.1, 0.15) is 31.2 Å². The van der Waals surface area contributed by atoms with Gasteiger partial charge in [0.05, 0.1) is 12.1 Å². The summed E-state index contributed by atoms with van der Waals surface area (Å²) in [5.41, 5.74) is 6.16. The van der Waals surface area contributed by atoms with E-state index in [0.717, 1.165) is 25.7 Å². The smallest absolute Gasteiger partial charge is 0.140 e. The Morgan fingerprint density at radius 2 is 2.00 bits per heavy atom. The average molecular weight is 244 g/mol. The van der Waals surface area contributed by atoms with Crippen LogP contribution in [0.2, 0.25) is 5.02 Å². The van der Waals surface area contributed by atoms with E-state index in [9.17, 15) is 4.39 Å². The van der Waals surface area contributed by atoms with Gasteiger partial charge in [-0.2, -0.15) is 0 Å². The molecule has 0 atom stereocenters. The van der Waals surface area contributed by atoms with E-state index in [1.165, 1.54) is 13.2 Å². The number of methoxy groups -OCH3 is 1. The maximum atomic E-state index is 13.9. The van der Waals surface area contributed by atoms with Gasteiger partial charge in [0, 0.05) is 17.2 Å². The second-order valence-corrected chi connectivity index (χ2v) is 4.74. The van der Waals surface area contributed by atoms with E-state index in [1.54, 1.807) is 6.07 Å². The van der Waals surface area contributed by atoms with Crippen LogP contribution in [0.3, 0.4) is 0 Å². The number of ether oxygens (including phenoxy) is 1. The Labute approximate surface area is 99.5 Å². The van der Waals surface area contributed by atoms with Crippen LogP contribution in [-0.4, -0.2) is 7.11 Å². The molecule has 2 N–H and O–H groups in total. The minimum Gasteiger partial charge on any atom is -0.495 e. The van der Waals surface area contributed by atoms with Gasteiger partial charge in [0.2, 0.25) is 0 Å². The molecule has 0 heterocycles. The first-order valence-corrected chi connectivity index (χ1v) is 5.77. The van der Waals surface area contributed by atoms with Gasteiger partial charge >= 0.3 is 0 Å². The molecule has 0 saturated heterocycles. The number of nitrogens with two attached hydrogens (primary N) is 1. The Kier molecular flexibility index (Phi) is 3.08. The molecule has 1 aliphatic rings. The van der Waals surface area contributed by atoms with Crippen LogP contribution in [0, 0.1) is 5.82 Å². The normalized spacial score (nSPS) is 18.8. The van der Waals surface area contributed by atoms with Gasteiger partial charge in [0.25, 0.3) is 0 Å². The van der Waals surface area contributed by atoms with Crippen LogP contribution in [-0.2, 0) is 5.54 Å². The second kappa shape index (κ2) is 4.22. The van der Waals surface area contributed by atoms with Crippen molar-refractivity contribution in [3.05, 3.63) is 28.5 Å². The topological polar surface area (TPSA) is 35.2 Å². The quantitative estimate of drug-likeness (QED) is 0.866. The van der Waals surface area contributed by atoms with Gasteiger partial charge in [-0.25, -0.2) is 4.39 Å². The molecule has 0 radical (unpaired) electrons. The molecule has 1 aliphatic carbocycles. The zero-order chi connectivity index (χ0) is 11.8. The number of halogens is 2. The van der Waals surface area contributed by atoms with Crippen LogP contribution in [0.15, 0.2) is 12.1 Å². The fourth-order valence-electron chi connectivity index (χ4n) is 2.34. The van der Waals surface area contributed by atoms with E-state index < -0.39 is 5.54 Å². The SMILES string of the molecule is COc1cc(F)c(C2(N)CCCC2)cc1Cl. The van der Waals surface area contributed by atoms with Gasteiger partial charge in [0.1, 0.15) is 11.6 Å². The number of hydrogen-bond donors (Lipinski definition) is 1. The van der Waals surface area contributed by atoms with Crippen molar-refractivity contribution in [1.29, 1.82) is 0 Å². The van der Waals surface area contributed by atoms with Gasteiger partial charge in [-0.3, -0.25) is 0 Å². The summed E-state index contributed by atoms with van der Waals surface area (Å²) in [6.45, 7) is 0. The molecule has 2 nitrogen and oxygen atoms in total. The molecule has 1 fully saturated rings. The zero-order valence-corrected chi connectivity index (χ0v) is 9.98. The molecular formula is C12H15ClFNO. The van der Waals surface area contributed by atoms with Crippen LogP contribution in [0.25, 0.3) is 0 Å². The molecule has 1 aromatic rings. The Balaban J connectivity index is 2.45. The molecular weight excluding hydrogens is 229 g/mol. The first-order chi connectivity index (χ1) is 7.57. The number of rotatable bonds is 2. The van der Waals surface area contributed by atoms with Crippen molar-refractivity contribution >= 4 is 11.6 Å². The van der Waals surface area contributed by atoms with Gasteiger partial charge in [0.15, 0.2) is 0 Å². The lowest BCUT2D eigenvalue weighted by atomic mass is 9.89. The summed E-state index contributed by atoms with van der Waals surface area (Å²) in [5.74, 6) is 0.0233. The third kappa shape index (κ3) is 1.89. The van der Waals surface area contributed by atoms with Crippen molar-refractivity contribution in [2.24, 2.45) is 5.73 Å². The fourth-order valence-corrected chi connectivity index (χ4v) is 2.58. The van der Waals surface area contributed by atoms with Crippen LogP contribution >= 0.6 is 11.6 Å². The molecule has 88 valence electrons. The van der Waals surface area contributed by atoms with E-state index in [0.29, 0.717) is 16.3 Å². The zero-order valence-electron chi connectivity index (χ0n) is 9.22. The van der Waals surface area contributed by atoms with Crippen molar-refractivity contribution in [1.82, 2.24) is 0 Å². The van der Waals surface area contributed by atoms with E-state index >= 15 is 0 Å². The van der Waals surface area contributed by atoms with E-state index in [1.807, 2.05) is 0 Å². The van der Waals surface area contributed by atoms with Crippen molar-refractivity contribution < 1.29 is 9.13 Å². The molecule has 1 aromatic carbocycles. The van der Waals surface area contributed by atoms with E-state index in [-0.39, 0.29) is 5.82 Å². The summed E-state index contributed by atoms with van der Waals surface area (Å²) in [4.78, 5) is 0. The van der Waals surface area contributed by atoms with Crippen molar-refractivity contribution in [2.75, 3.05) is 7.11 Å². The molecule has 0 spiro atoms. The minimum atomic E-state index is -0.556. The second-order valence-electron chi connectivity index (χ2n) is 4.33. The summed E-state index contributed by atoms with van der Waals surface area (Å²) < 4.78 is 18.9. The van der Waals surface area contributed by atoms with Gasteiger partial charge in [-0.05, 0) is 18.9 Å². The van der Waals surface area contributed by atoms with Gasteiger partial charge in [-0.15, -0.1) is 0 Å². The molecule has 16 heavy (non-hydrogen) atoms. The highest BCUT2D eigenvalue weighted by molar-refractivity contribution is 6.32. The van der Waals surface area contributed by atoms with Crippen LogP contribution in [0.4, 0.5) is 4.39 Å². The predicted octanol–water partition coefficient (Wildman–Crippen LogP) is 3.22. The summed E-state index contributed by atoms with van der Waals surface area (Å²) in [6, 6.07) is 2.91. The number of hydrogen-bond acceptors (Lipinski definition) is 2. The monoisotopic (exact) mass is 243 g/mol. The average Bonchev–Trinajstić information content (AvgIpc) is 2.69. The van der Waals surface area contributed by atoms with E-state index in [4.69, 9.17) is 22.1 Å². The Morgan fingerprint density at radius 3 is 2.56 bits per heavy atom. The highest BCUT2D eigenvalue weighted by Gasteiger charge is 2.34.